The fourth-order valence-corrected chi connectivity index (χ4v) is 3.37. The first-order valence-electron chi connectivity index (χ1n) is 9.33. The molecule has 0 saturated carbocycles. The SMILES string of the molecule is C=CCCOc1ccccc1-c1[nH]c2ccccc2c(=O)c1-c1ccccc1. The van der Waals surface area contributed by atoms with Crippen LogP contribution in [0.25, 0.3) is 33.3 Å². The fraction of sp³-hybridized carbons (Fsp3) is 0.0800. The van der Waals surface area contributed by atoms with Crippen molar-refractivity contribution in [2.45, 2.75) is 6.42 Å². The molecule has 28 heavy (non-hydrogen) atoms. The third kappa shape index (κ3) is 3.35. The van der Waals surface area contributed by atoms with E-state index in [1.807, 2.05) is 84.9 Å². The van der Waals surface area contributed by atoms with E-state index in [-0.39, 0.29) is 5.43 Å². The van der Waals surface area contributed by atoms with E-state index in [4.69, 9.17) is 4.74 Å². The monoisotopic (exact) mass is 367 g/mol. The molecular formula is C25H21NO2. The highest BCUT2D eigenvalue weighted by Gasteiger charge is 2.18. The molecule has 138 valence electrons. The summed E-state index contributed by atoms with van der Waals surface area (Å²) in [6.45, 7) is 4.29. The van der Waals surface area contributed by atoms with Gasteiger partial charge < -0.3 is 9.72 Å². The van der Waals surface area contributed by atoms with E-state index in [0.717, 1.165) is 34.5 Å². The first-order valence-corrected chi connectivity index (χ1v) is 9.33. The standard InChI is InChI=1S/C25H21NO2/c1-2-3-17-28-22-16-10-8-14-20(22)24-23(18-11-5-4-6-12-18)25(27)19-13-7-9-15-21(19)26-24/h2,4-16H,1,3,17H2,(H,26,27). The molecule has 0 fully saturated rings. The minimum atomic E-state index is 0.0106. The number of H-pyrrole nitrogens is 1. The molecule has 0 atom stereocenters. The van der Waals surface area contributed by atoms with Crippen LogP contribution in [0.5, 0.6) is 5.75 Å². The molecule has 3 heteroatoms. The lowest BCUT2D eigenvalue weighted by Gasteiger charge is -2.15. The van der Waals surface area contributed by atoms with Crippen molar-refractivity contribution in [2.75, 3.05) is 6.61 Å². The van der Waals surface area contributed by atoms with Gasteiger partial charge in [-0.15, -0.1) is 6.58 Å². The molecule has 0 bridgehead atoms. The average molecular weight is 367 g/mol. The van der Waals surface area contributed by atoms with Crippen LogP contribution in [0.1, 0.15) is 6.42 Å². The van der Waals surface area contributed by atoms with Gasteiger partial charge in [-0.25, -0.2) is 0 Å². The highest BCUT2D eigenvalue weighted by atomic mass is 16.5. The van der Waals surface area contributed by atoms with E-state index in [9.17, 15) is 4.79 Å². The summed E-state index contributed by atoms with van der Waals surface area (Å²) in [6, 6.07) is 25.2. The van der Waals surface area contributed by atoms with Gasteiger partial charge in [0.1, 0.15) is 5.75 Å². The molecular weight excluding hydrogens is 346 g/mol. The van der Waals surface area contributed by atoms with E-state index in [1.54, 1.807) is 0 Å². The van der Waals surface area contributed by atoms with Crippen molar-refractivity contribution in [3.8, 4) is 28.1 Å². The number of ether oxygens (including phenoxy) is 1. The van der Waals surface area contributed by atoms with Gasteiger partial charge in [-0.1, -0.05) is 60.7 Å². The summed E-state index contributed by atoms with van der Waals surface area (Å²) >= 11 is 0. The van der Waals surface area contributed by atoms with Crippen LogP contribution >= 0.6 is 0 Å². The fourth-order valence-electron chi connectivity index (χ4n) is 3.37. The van der Waals surface area contributed by atoms with E-state index in [0.29, 0.717) is 17.6 Å². The Morgan fingerprint density at radius 2 is 1.61 bits per heavy atom. The first kappa shape index (κ1) is 17.8. The lowest BCUT2D eigenvalue weighted by Crippen LogP contribution is -2.10. The van der Waals surface area contributed by atoms with Gasteiger partial charge in [0.2, 0.25) is 0 Å². The molecule has 0 saturated heterocycles. The number of hydrogen-bond donors (Lipinski definition) is 1. The number of para-hydroxylation sites is 2. The quantitative estimate of drug-likeness (QED) is 0.345. The van der Waals surface area contributed by atoms with Crippen molar-refractivity contribution in [1.29, 1.82) is 0 Å². The molecule has 1 N–H and O–H groups in total. The van der Waals surface area contributed by atoms with Crippen LogP contribution in [0, 0.1) is 0 Å². The molecule has 0 aliphatic rings. The molecule has 0 spiro atoms. The topological polar surface area (TPSA) is 42.1 Å². The van der Waals surface area contributed by atoms with Gasteiger partial charge in [0, 0.05) is 16.5 Å². The number of hydrogen-bond acceptors (Lipinski definition) is 2. The molecule has 0 amide bonds. The summed E-state index contributed by atoms with van der Waals surface area (Å²) in [5.41, 5.74) is 3.99. The smallest absolute Gasteiger partial charge is 0.197 e. The second-order valence-electron chi connectivity index (χ2n) is 6.54. The van der Waals surface area contributed by atoms with Gasteiger partial charge in [-0.3, -0.25) is 4.79 Å². The van der Waals surface area contributed by atoms with Gasteiger partial charge in [-0.2, -0.15) is 0 Å². The molecule has 4 aromatic rings. The van der Waals surface area contributed by atoms with Gasteiger partial charge in [0.25, 0.3) is 0 Å². The number of nitrogens with one attached hydrogen (secondary N) is 1. The van der Waals surface area contributed by atoms with E-state index >= 15 is 0 Å². The lowest BCUT2D eigenvalue weighted by atomic mass is 9.96. The zero-order valence-corrected chi connectivity index (χ0v) is 15.5. The zero-order valence-electron chi connectivity index (χ0n) is 15.5. The normalized spacial score (nSPS) is 10.7. The van der Waals surface area contributed by atoms with Crippen LogP contribution in [-0.4, -0.2) is 11.6 Å². The third-order valence-electron chi connectivity index (χ3n) is 4.71. The summed E-state index contributed by atoms with van der Waals surface area (Å²) in [5, 5.41) is 0.676. The molecule has 0 radical (unpaired) electrons. The van der Waals surface area contributed by atoms with Crippen molar-refractivity contribution in [3.05, 3.63) is 102 Å². The predicted molar refractivity (Wildman–Crippen MR) is 116 cm³/mol. The number of pyridine rings is 1. The summed E-state index contributed by atoms with van der Waals surface area (Å²) in [6.07, 6.45) is 2.59. The van der Waals surface area contributed by atoms with Crippen LogP contribution in [-0.2, 0) is 0 Å². The summed E-state index contributed by atoms with van der Waals surface area (Å²) in [4.78, 5) is 16.9. The second kappa shape index (κ2) is 7.97. The van der Waals surface area contributed by atoms with Crippen LogP contribution in [0.4, 0.5) is 0 Å². The minimum Gasteiger partial charge on any atom is -0.493 e. The van der Waals surface area contributed by atoms with E-state index < -0.39 is 0 Å². The summed E-state index contributed by atoms with van der Waals surface area (Å²) in [7, 11) is 0. The van der Waals surface area contributed by atoms with Gasteiger partial charge in [0.15, 0.2) is 5.43 Å². The Kier molecular flexibility index (Phi) is 5.07. The molecule has 3 nitrogen and oxygen atoms in total. The van der Waals surface area contributed by atoms with E-state index in [2.05, 4.69) is 11.6 Å². The van der Waals surface area contributed by atoms with Crippen molar-refractivity contribution in [2.24, 2.45) is 0 Å². The second-order valence-corrected chi connectivity index (χ2v) is 6.54. The Labute approximate surface area is 163 Å². The molecule has 4 rings (SSSR count). The van der Waals surface area contributed by atoms with Crippen molar-refractivity contribution >= 4 is 10.9 Å². The summed E-state index contributed by atoms with van der Waals surface area (Å²) < 4.78 is 5.98. The van der Waals surface area contributed by atoms with E-state index in [1.165, 1.54) is 0 Å². The molecule has 0 aliphatic heterocycles. The maximum Gasteiger partial charge on any atom is 0.197 e. The Hall–Kier alpha value is -3.59. The van der Waals surface area contributed by atoms with Gasteiger partial charge >= 0.3 is 0 Å². The maximum atomic E-state index is 13.4. The van der Waals surface area contributed by atoms with Gasteiger partial charge in [-0.05, 0) is 36.2 Å². The molecule has 0 aliphatic carbocycles. The number of fused-ring (bicyclic) bond motifs is 1. The first-order chi connectivity index (χ1) is 13.8. The van der Waals surface area contributed by atoms with Crippen molar-refractivity contribution in [3.63, 3.8) is 0 Å². The summed E-state index contributed by atoms with van der Waals surface area (Å²) in [5.74, 6) is 0.743. The Bertz CT molecular complexity index is 1180. The van der Waals surface area contributed by atoms with Gasteiger partial charge in [0.05, 0.1) is 17.9 Å². The predicted octanol–water partition coefficient (Wildman–Crippen LogP) is 5.82. The highest BCUT2D eigenvalue weighted by molar-refractivity contribution is 5.92. The van der Waals surface area contributed by atoms with Crippen LogP contribution in [0.15, 0.2) is 96.3 Å². The average Bonchev–Trinajstić information content (AvgIpc) is 2.75. The third-order valence-corrected chi connectivity index (χ3v) is 4.71. The Morgan fingerprint density at radius 3 is 2.43 bits per heavy atom. The number of benzene rings is 3. The largest absolute Gasteiger partial charge is 0.493 e. The molecule has 1 heterocycles. The minimum absolute atomic E-state index is 0.0106. The number of aromatic amines is 1. The van der Waals surface area contributed by atoms with Crippen LogP contribution in [0.3, 0.4) is 0 Å². The number of aromatic nitrogens is 1. The molecule has 1 aromatic heterocycles. The Morgan fingerprint density at radius 1 is 0.893 bits per heavy atom. The number of rotatable bonds is 6. The Balaban J connectivity index is 2.00. The molecule has 3 aromatic carbocycles. The molecule has 0 unspecified atom stereocenters. The van der Waals surface area contributed by atoms with Crippen LogP contribution < -0.4 is 10.2 Å². The lowest BCUT2D eigenvalue weighted by molar-refractivity contribution is 0.326. The van der Waals surface area contributed by atoms with Crippen molar-refractivity contribution in [1.82, 2.24) is 4.98 Å². The zero-order chi connectivity index (χ0) is 19.3. The highest BCUT2D eigenvalue weighted by Crippen LogP contribution is 2.35. The maximum absolute atomic E-state index is 13.4. The van der Waals surface area contributed by atoms with Crippen molar-refractivity contribution < 1.29 is 4.74 Å². The van der Waals surface area contributed by atoms with Crippen LogP contribution in [0.2, 0.25) is 0 Å².